The lowest BCUT2D eigenvalue weighted by molar-refractivity contribution is 0.758. The third kappa shape index (κ3) is 3.19. The SMILES string of the molecule is Cc1ccccc1-c1ccc2c(c1)N(c1ccccc1C)C(C)N2c1ccccc1C. The summed E-state index contributed by atoms with van der Waals surface area (Å²) in [5.41, 5.74) is 11.4. The van der Waals surface area contributed by atoms with Crippen molar-refractivity contribution in [3.63, 3.8) is 0 Å². The first-order valence-corrected chi connectivity index (χ1v) is 11.0. The van der Waals surface area contributed by atoms with Crippen molar-refractivity contribution < 1.29 is 0 Å². The van der Waals surface area contributed by atoms with Gasteiger partial charge in [-0.25, -0.2) is 0 Å². The molecular weight excluding hydrogens is 376 g/mol. The molecule has 0 radical (unpaired) electrons. The number of anilines is 4. The van der Waals surface area contributed by atoms with Crippen LogP contribution >= 0.6 is 0 Å². The molecule has 1 aliphatic heterocycles. The molecule has 1 atom stereocenters. The normalized spacial score (nSPS) is 15.3. The van der Waals surface area contributed by atoms with E-state index in [1.165, 1.54) is 50.6 Å². The van der Waals surface area contributed by atoms with Gasteiger partial charge in [0.15, 0.2) is 0 Å². The first kappa shape index (κ1) is 19.4. The standard InChI is InChI=1S/C29H28N2/c1-20-11-5-8-14-25(20)24-17-18-28-29(19-24)31(27-16-10-7-13-22(27)3)23(4)30(28)26-15-9-6-12-21(26)2/h5-19,23H,1-4H3. The van der Waals surface area contributed by atoms with E-state index in [1.54, 1.807) is 0 Å². The fourth-order valence-electron chi connectivity index (χ4n) is 4.83. The number of rotatable bonds is 3. The molecule has 5 rings (SSSR count). The van der Waals surface area contributed by atoms with Crippen LogP contribution in [0.1, 0.15) is 23.6 Å². The van der Waals surface area contributed by atoms with E-state index >= 15 is 0 Å². The minimum Gasteiger partial charge on any atom is -0.318 e. The molecule has 154 valence electrons. The minimum atomic E-state index is 0.171. The van der Waals surface area contributed by atoms with Gasteiger partial charge in [-0.05, 0) is 79.8 Å². The lowest BCUT2D eigenvalue weighted by Crippen LogP contribution is -2.35. The number of benzene rings is 4. The van der Waals surface area contributed by atoms with E-state index in [9.17, 15) is 0 Å². The summed E-state index contributed by atoms with van der Waals surface area (Å²) < 4.78 is 0. The number of fused-ring (bicyclic) bond motifs is 1. The number of hydrogen-bond donors (Lipinski definition) is 0. The van der Waals surface area contributed by atoms with Crippen LogP contribution in [-0.4, -0.2) is 6.17 Å². The molecule has 0 bridgehead atoms. The summed E-state index contributed by atoms with van der Waals surface area (Å²) in [4.78, 5) is 4.96. The molecule has 0 saturated heterocycles. The smallest absolute Gasteiger partial charge is 0.108 e. The van der Waals surface area contributed by atoms with Crippen molar-refractivity contribution in [2.24, 2.45) is 0 Å². The quantitative estimate of drug-likeness (QED) is 0.342. The number of aryl methyl sites for hydroxylation is 3. The fraction of sp³-hybridized carbons (Fsp3) is 0.172. The first-order valence-electron chi connectivity index (χ1n) is 11.0. The van der Waals surface area contributed by atoms with Crippen molar-refractivity contribution in [3.8, 4) is 11.1 Å². The van der Waals surface area contributed by atoms with Crippen LogP contribution in [0.2, 0.25) is 0 Å². The molecule has 0 spiro atoms. The van der Waals surface area contributed by atoms with Gasteiger partial charge < -0.3 is 9.80 Å². The number of nitrogens with zero attached hydrogens (tertiary/aromatic N) is 2. The molecule has 4 aromatic rings. The Morgan fingerprint density at radius 1 is 0.516 bits per heavy atom. The Balaban J connectivity index is 1.74. The number of para-hydroxylation sites is 2. The Bertz CT molecular complexity index is 1260. The monoisotopic (exact) mass is 404 g/mol. The Kier molecular flexibility index (Phi) is 4.78. The van der Waals surface area contributed by atoms with Gasteiger partial charge in [0.05, 0.1) is 11.4 Å². The predicted molar refractivity (Wildman–Crippen MR) is 133 cm³/mol. The van der Waals surface area contributed by atoms with Gasteiger partial charge in [-0.3, -0.25) is 0 Å². The summed E-state index contributed by atoms with van der Waals surface area (Å²) in [6.07, 6.45) is 0.171. The molecule has 1 heterocycles. The van der Waals surface area contributed by atoms with E-state index in [2.05, 4.69) is 128 Å². The molecule has 31 heavy (non-hydrogen) atoms. The highest BCUT2D eigenvalue weighted by Crippen LogP contribution is 2.50. The maximum Gasteiger partial charge on any atom is 0.108 e. The maximum absolute atomic E-state index is 2.48. The second-order valence-electron chi connectivity index (χ2n) is 8.46. The molecule has 1 aliphatic rings. The van der Waals surface area contributed by atoms with Gasteiger partial charge in [-0.1, -0.05) is 66.7 Å². The topological polar surface area (TPSA) is 6.48 Å². The molecule has 0 saturated carbocycles. The van der Waals surface area contributed by atoms with Crippen molar-refractivity contribution >= 4 is 22.7 Å². The van der Waals surface area contributed by atoms with E-state index in [0.29, 0.717) is 0 Å². The lowest BCUT2D eigenvalue weighted by atomic mass is 9.99. The van der Waals surface area contributed by atoms with E-state index in [-0.39, 0.29) is 6.17 Å². The highest BCUT2D eigenvalue weighted by molar-refractivity contribution is 5.92. The van der Waals surface area contributed by atoms with Gasteiger partial charge in [-0.2, -0.15) is 0 Å². The first-order chi connectivity index (χ1) is 15.1. The highest BCUT2D eigenvalue weighted by Gasteiger charge is 2.36. The third-order valence-corrected chi connectivity index (χ3v) is 6.45. The molecule has 0 N–H and O–H groups in total. The van der Waals surface area contributed by atoms with Crippen LogP contribution in [0.25, 0.3) is 11.1 Å². The summed E-state index contributed by atoms with van der Waals surface area (Å²) in [7, 11) is 0. The van der Waals surface area contributed by atoms with Crippen molar-refractivity contribution in [3.05, 3.63) is 108 Å². The second-order valence-corrected chi connectivity index (χ2v) is 8.46. The average molecular weight is 405 g/mol. The fourth-order valence-corrected chi connectivity index (χ4v) is 4.83. The molecule has 0 amide bonds. The van der Waals surface area contributed by atoms with E-state index in [4.69, 9.17) is 0 Å². The van der Waals surface area contributed by atoms with Crippen LogP contribution in [0.4, 0.5) is 22.7 Å². The Hall–Kier alpha value is -3.52. The molecule has 1 unspecified atom stereocenters. The molecule has 0 aromatic heterocycles. The highest BCUT2D eigenvalue weighted by atomic mass is 15.4. The van der Waals surface area contributed by atoms with Crippen LogP contribution < -0.4 is 9.80 Å². The summed E-state index contributed by atoms with van der Waals surface area (Å²) in [6.45, 7) is 8.87. The molecule has 2 heteroatoms. The summed E-state index contributed by atoms with van der Waals surface area (Å²) in [5, 5.41) is 0. The second kappa shape index (κ2) is 7.63. The molecular formula is C29H28N2. The Morgan fingerprint density at radius 3 is 1.61 bits per heavy atom. The summed E-state index contributed by atoms with van der Waals surface area (Å²) in [6, 6.07) is 32.9. The minimum absolute atomic E-state index is 0.171. The molecule has 0 fully saturated rings. The van der Waals surface area contributed by atoms with Crippen LogP contribution in [0.3, 0.4) is 0 Å². The van der Waals surface area contributed by atoms with Gasteiger partial charge in [0.2, 0.25) is 0 Å². The number of hydrogen-bond acceptors (Lipinski definition) is 2. The van der Waals surface area contributed by atoms with Crippen molar-refractivity contribution in [2.45, 2.75) is 33.9 Å². The largest absolute Gasteiger partial charge is 0.318 e. The van der Waals surface area contributed by atoms with Crippen LogP contribution in [-0.2, 0) is 0 Å². The average Bonchev–Trinajstić information content (AvgIpc) is 3.06. The van der Waals surface area contributed by atoms with Gasteiger partial charge >= 0.3 is 0 Å². The third-order valence-electron chi connectivity index (χ3n) is 6.45. The predicted octanol–water partition coefficient (Wildman–Crippen LogP) is 7.91. The van der Waals surface area contributed by atoms with Crippen LogP contribution in [0.5, 0.6) is 0 Å². The Morgan fingerprint density at radius 2 is 1.03 bits per heavy atom. The zero-order valence-electron chi connectivity index (χ0n) is 18.6. The van der Waals surface area contributed by atoms with Gasteiger partial charge in [-0.15, -0.1) is 0 Å². The van der Waals surface area contributed by atoms with E-state index < -0.39 is 0 Å². The summed E-state index contributed by atoms with van der Waals surface area (Å²) in [5.74, 6) is 0. The van der Waals surface area contributed by atoms with Gasteiger partial charge in [0, 0.05) is 11.4 Å². The zero-order chi connectivity index (χ0) is 21.5. The van der Waals surface area contributed by atoms with E-state index in [0.717, 1.165) is 0 Å². The molecule has 2 nitrogen and oxygen atoms in total. The van der Waals surface area contributed by atoms with Crippen molar-refractivity contribution in [2.75, 3.05) is 9.80 Å². The summed E-state index contributed by atoms with van der Waals surface area (Å²) >= 11 is 0. The van der Waals surface area contributed by atoms with Crippen molar-refractivity contribution in [1.29, 1.82) is 0 Å². The lowest BCUT2D eigenvalue weighted by Gasteiger charge is -2.32. The maximum atomic E-state index is 2.48. The Labute approximate surface area is 185 Å². The van der Waals surface area contributed by atoms with Gasteiger partial charge in [0.1, 0.15) is 6.17 Å². The molecule has 4 aromatic carbocycles. The van der Waals surface area contributed by atoms with Gasteiger partial charge in [0.25, 0.3) is 0 Å². The van der Waals surface area contributed by atoms with E-state index in [1.807, 2.05) is 0 Å². The molecule has 0 aliphatic carbocycles. The zero-order valence-corrected chi connectivity index (χ0v) is 18.6. The van der Waals surface area contributed by atoms with Crippen molar-refractivity contribution in [1.82, 2.24) is 0 Å². The van der Waals surface area contributed by atoms with Crippen LogP contribution in [0, 0.1) is 20.8 Å². The van der Waals surface area contributed by atoms with Crippen LogP contribution in [0.15, 0.2) is 91.0 Å².